The Morgan fingerprint density at radius 2 is 1.81 bits per heavy atom. The topological polar surface area (TPSA) is 88.0 Å². The molecule has 0 spiro atoms. The van der Waals surface area contributed by atoms with E-state index in [1.165, 1.54) is 6.07 Å². The van der Waals surface area contributed by atoms with Crippen molar-refractivity contribution in [3.8, 4) is 5.75 Å². The summed E-state index contributed by atoms with van der Waals surface area (Å²) < 4.78 is 5.32. The van der Waals surface area contributed by atoms with E-state index in [4.69, 9.17) is 33.0 Å². The number of hydrogen-bond acceptors (Lipinski definition) is 4. The molecule has 0 aromatic heterocycles. The third-order valence-corrected chi connectivity index (χ3v) is 3.78. The molecule has 2 aromatic rings. The van der Waals surface area contributed by atoms with Crippen LogP contribution in [0.15, 0.2) is 53.6 Å². The Bertz CT molecular complexity index is 810. The highest BCUT2D eigenvalue weighted by Gasteiger charge is 2.09. The number of nitrogens with one attached hydrogen (secondary N) is 1. The molecule has 0 aliphatic carbocycles. The molecule has 1 amide bonds. The fraction of sp³-hybridized carbons (Fsp3) is 0.167. The second kappa shape index (κ2) is 9.79. The summed E-state index contributed by atoms with van der Waals surface area (Å²) in [4.78, 5) is 22.7. The predicted octanol–water partition coefficient (Wildman–Crippen LogP) is 3.76. The highest BCUT2D eigenvalue weighted by Crippen LogP contribution is 2.27. The number of hydrazone groups is 1. The Balaban J connectivity index is 1.98. The van der Waals surface area contributed by atoms with Crippen LogP contribution in [-0.2, 0) is 9.59 Å². The maximum atomic E-state index is 11.9. The van der Waals surface area contributed by atoms with Gasteiger partial charge in [-0.15, -0.1) is 0 Å². The van der Waals surface area contributed by atoms with Gasteiger partial charge in [0.1, 0.15) is 5.75 Å². The van der Waals surface area contributed by atoms with E-state index in [1.807, 2.05) is 6.07 Å². The summed E-state index contributed by atoms with van der Waals surface area (Å²) in [5, 5.41) is 13.6. The zero-order chi connectivity index (χ0) is 18.9. The third kappa shape index (κ3) is 6.38. The molecule has 2 N–H and O–H groups in total. The zero-order valence-corrected chi connectivity index (χ0v) is 15.1. The maximum Gasteiger partial charge on any atom is 0.303 e. The number of amides is 1. The number of carbonyl (C=O) groups excluding carboxylic acids is 1. The minimum atomic E-state index is -0.944. The maximum absolute atomic E-state index is 11.9. The molecule has 26 heavy (non-hydrogen) atoms. The smallest absolute Gasteiger partial charge is 0.303 e. The van der Waals surface area contributed by atoms with Gasteiger partial charge in [-0.05, 0) is 23.8 Å². The highest BCUT2D eigenvalue weighted by molar-refractivity contribution is 6.35. The minimum absolute atomic E-state index is 0.0967. The SMILES string of the molecule is O=C(O)CC/C(=N\NC(=O)COc1ccc(Cl)cc1Cl)c1ccccc1. The number of hydrogen-bond donors (Lipinski definition) is 2. The number of halogens is 2. The van der Waals surface area contributed by atoms with Gasteiger partial charge in [0.25, 0.3) is 5.91 Å². The summed E-state index contributed by atoms with van der Waals surface area (Å²) >= 11 is 11.8. The van der Waals surface area contributed by atoms with Crippen LogP contribution in [0.25, 0.3) is 0 Å². The molecule has 0 aliphatic rings. The van der Waals surface area contributed by atoms with Gasteiger partial charge in [-0.3, -0.25) is 9.59 Å². The lowest BCUT2D eigenvalue weighted by atomic mass is 10.1. The molecule has 0 aliphatic heterocycles. The van der Waals surface area contributed by atoms with Gasteiger partial charge in [0.05, 0.1) is 17.2 Å². The van der Waals surface area contributed by atoms with Crippen LogP contribution in [0.5, 0.6) is 5.75 Å². The van der Waals surface area contributed by atoms with Gasteiger partial charge in [-0.2, -0.15) is 5.10 Å². The van der Waals surface area contributed by atoms with E-state index in [1.54, 1.807) is 36.4 Å². The number of nitrogens with zero attached hydrogens (tertiary/aromatic N) is 1. The second-order valence-electron chi connectivity index (χ2n) is 5.22. The van der Waals surface area contributed by atoms with E-state index < -0.39 is 11.9 Å². The first-order chi connectivity index (χ1) is 12.5. The summed E-state index contributed by atoms with van der Waals surface area (Å²) in [7, 11) is 0. The second-order valence-corrected chi connectivity index (χ2v) is 6.06. The Labute approximate surface area is 160 Å². The lowest BCUT2D eigenvalue weighted by molar-refractivity contribution is -0.136. The van der Waals surface area contributed by atoms with Crippen LogP contribution >= 0.6 is 23.2 Å². The fourth-order valence-corrected chi connectivity index (χ4v) is 2.48. The first-order valence-corrected chi connectivity index (χ1v) is 8.42. The Kier molecular flexibility index (Phi) is 7.44. The van der Waals surface area contributed by atoms with Crippen molar-refractivity contribution in [2.45, 2.75) is 12.8 Å². The van der Waals surface area contributed by atoms with Crippen LogP contribution in [0.3, 0.4) is 0 Å². The summed E-state index contributed by atoms with van der Waals surface area (Å²) in [6, 6.07) is 13.7. The van der Waals surface area contributed by atoms with E-state index in [2.05, 4.69) is 10.5 Å². The van der Waals surface area contributed by atoms with Crippen molar-refractivity contribution in [1.29, 1.82) is 0 Å². The molecule has 8 heteroatoms. The number of carboxylic acids is 1. The average molecular weight is 395 g/mol. The number of aliphatic carboxylic acids is 1. The van der Waals surface area contributed by atoms with Gasteiger partial charge in [0.15, 0.2) is 6.61 Å². The van der Waals surface area contributed by atoms with E-state index >= 15 is 0 Å². The lowest BCUT2D eigenvalue weighted by Crippen LogP contribution is -2.26. The molecule has 0 heterocycles. The van der Waals surface area contributed by atoms with E-state index in [0.717, 1.165) is 5.56 Å². The molecule has 0 saturated heterocycles. The van der Waals surface area contributed by atoms with E-state index in [-0.39, 0.29) is 19.4 Å². The summed E-state index contributed by atoms with van der Waals surface area (Å²) in [5.41, 5.74) is 3.56. The van der Waals surface area contributed by atoms with Gasteiger partial charge in [-0.1, -0.05) is 53.5 Å². The minimum Gasteiger partial charge on any atom is -0.482 e. The lowest BCUT2D eigenvalue weighted by Gasteiger charge is -2.09. The van der Waals surface area contributed by atoms with Crippen molar-refractivity contribution in [2.24, 2.45) is 5.10 Å². The van der Waals surface area contributed by atoms with Crippen molar-refractivity contribution in [1.82, 2.24) is 5.43 Å². The molecule has 0 atom stereocenters. The fourth-order valence-electron chi connectivity index (χ4n) is 2.02. The van der Waals surface area contributed by atoms with Crippen LogP contribution in [0, 0.1) is 0 Å². The molecular weight excluding hydrogens is 379 g/mol. The van der Waals surface area contributed by atoms with Crippen molar-refractivity contribution in [3.63, 3.8) is 0 Å². The Morgan fingerprint density at radius 3 is 2.46 bits per heavy atom. The first kappa shape index (κ1) is 19.8. The van der Waals surface area contributed by atoms with E-state index in [9.17, 15) is 9.59 Å². The Morgan fingerprint density at radius 1 is 1.08 bits per heavy atom. The Hall–Kier alpha value is -2.57. The number of carboxylic acid groups (broad SMARTS) is 1. The number of rotatable bonds is 8. The molecule has 2 rings (SSSR count). The van der Waals surface area contributed by atoms with Crippen molar-refractivity contribution >= 4 is 40.8 Å². The van der Waals surface area contributed by atoms with Gasteiger partial charge in [-0.25, -0.2) is 5.43 Å². The molecule has 6 nitrogen and oxygen atoms in total. The quantitative estimate of drug-likeness (QED) is 0.526. The number of ether oxygens (including phenoxy) is 1. The number of carbonyl (C=O) groups is 2. The van der Waals surface area contributed by atoms with Gasteiger partial charge >= 0.3 is 5.97 Å². The van der Waals surface area contributed by atoms with Gasteiger partial charge < -0.3 is 9.84 Å². The normalized spacial score (nSPS) is 11.1. The van der Waals surface area contributed by atoms with Crippen molar-refractivity contribution in [2.75, 3.05) is 6.61 Å². The van der Waals surface area contributed by atoms with Crippen LogP contribution in [0.4, 0.5) is 0 Å². The first-order valence-electron chi connectivity index (χ1n) is 7.66. The third-order valence-electron chi connectivity index (χ3n) is 3.25. The summed E-state index contributed by atoms with van der Waals surface area (Å²) in [6.07, 6.45) is 0.0873. The zero-order valence-electron chi connectivity index (χ0n) is 13.6. The molecule has 0 fully saturated rings. The largest absolute Gasteiger partial charge is 0.482 e. The monoisotopic (exact) mass is 394 g/mol. The average Bonchev–Trinajstić information content (AvgIpc) is 2.61. The molecule has 136 valence electrons. The van der Waals surface area contributed by atoms with Crippen LogP contribution in [0.2, 0.25) is 10.0 Å². The van der Waals surface area contributed by atoms with Gasteiger partial charge in [0, 0.05) is 11.4 Å². The molecule has 0 saturated carbocycles. The number of benzene rings is 2. The molecule has 0 radical (unpaired) electrons. The van der Waals surface area contributed by atoms with Crippen molar-refractivity contribution < 1.29 is 19.4 Å². The van der Waals surface area contributed by atoms with E-state index in [0.29, 0.717) is 21.5 Å². The molecule has 0 unspecified atom stereocenters. The predicted molar refractivity (Wildman–Crippen MR) is 99.9 cm³/mol. The molecule has 2 aromatic carbocycles. The van der Waals surface area contributed by atoms with Crippen LogP contribution < -0.4 is 10.2 Å². The van der Waals surface area contributed by atoms with Gasteiger partial charge in [0.2, 0.25) is 0 Å². The van der Waals surface area contributed by atoms with Crippen LogP contribution in [0.1, 0.15) is 18.4 Å². The molecule has 0 bridgehead atoms. The molecular formula is C18H16Cl2N2O4. The standard InChI is InChI=1S/C18H16Cl2N2O4/c19-13-6-8-16(14(20)10-13)26-11-17(23)22-21-15(7-9-18(24)25)12-4-2-1-3-5-12/h1-6,8,10H,7,9,11H2,(H,22,23)(H,24,25)/b21-15+. The highest BCUT2D eigenvalue weighted by atomic mass is 35.5. The van der Waals surface area contributed by atoms with Crippen molar-refractivity contribution in [3.05, 3.63) is 64.1 Å². The summed E-state index contributed by atoms with van der Waals surface area (Å²) in [5.74, 6) is -1.12. The van der Waals surface area contributed by atoms with Crippen LogP contribution in [-0.4, -0.2) is 29.3 Å². The summed E-state index contributed by atoms with van der Waals surface area (Å²) in [6.45, 7) is -0.300.